The van der Waals surface area contributed by atoms with E-state index in [-0.39, 0.29) is 5.78 Å². The van der Waals surface area contributed by atoms with Crippen LogP contribution in [0.5, 0.6) is 17.2 Å². The van der Waals surface area contributed by atoms with Gasteiger partial charge in [0.05, 0.1) is 25.1 Å². The lowest BCUT2D eigenvalue weighted by Gasteiger charge is -2.24. The number of nitrogens with zero attached hydrogens (tertiary/aromatic N) is 2. The van der Waals surface area contributed by atoms with Crippen molar-refractivity contribution in [2.45, 2.75) is 32.8 Å². The van der Waals surface area contributed by atoms with E-state index >= 15 is 0 Å². The summed E-state index contributed by atoms with van der Waals surface area (Å²) in [6.07, 6.45) is 7.43. The van der Waals surface area contributed by atoms with Crippen LogP contribution < -0.4 is 19.5 Å². The number of methoxy groups -OCH3 is 1. The Labute approximate surface area is 183 Å². The molecule has 0 saturated carbocycles. The Morgan fingerprint density at radius 2 is 2.06 bits per heavy atom. The number of aromatic nitrogens is 1. The molecule has 0 atom stereocenters. The number of pyridine rings is 1. The fourth-order valence-electron chi connectivity index (χ4n) is 3.84. The van der Waals surface area contributed by atoms with Gasteiger partial charge in [-0.05, 0) is 45.1 Å². The van der Waals surface area contributed by atoms with E-state index < -0.39 is 0 Å². The topological polar surface area (TPSA) is 72.9 Å². The van der Waals surface area contributed by atoms with Gasteiger partial charge < -0.3 is 24.4 Å². The summed E-state index contributed by atoms with van der Waals surface area (Å²) in [5.74, 6) is 1.77. The average Bonchev–Trinajstić information content (AvgIpc) is 2.94. The second-order valence-corrected chi connectivity index (χ2v) is 7.87. The van der Waals surface area contributed by atoms with E-state index in [1.54, 1.807) is 25.6 Å². The second-order valence-electron chi connectivity index (χ2n) is 7.87. The Morgan fingerprint density at radius 3 is 2.87 bits per heavy atom. The van der Waals surface area contributed by atoms with E-state index in [0.717, 1.165) is 48.3 Å². The third kappa shape index (κ3) is 4.51. The first-order chi connectivity index (χ1) is 15.1. The van der Waals surface area contributed by atoms with E-state index in [1.807, 2.05) is 12.1 Å². The number of benzene rings is 1. The average molecular weight is 424 g/mol. The number of ketones is 1. The number of fused-ring (bicyclic) bond motifs is 3. The standard InChI is InChI=1S/C24H29N3O4/c1-4-27(2)9-5-6-10-30-24-21(29-3)8-7-19-20-12-18(28)11-16-13-25-14-17(22(16)26-20)15-31-23(19)24/h7-8,12-14,26H,4-6,9-11,15H2,1-3H3. The first-order valence-electron chi connectivity index (χ1n) is 10.7. The van der Waals surface area contributed by atoms with Crippen LogP contribution in [0.15, 0.2) is 30.6 Å². The molecule has 4 rings (SSSR count). The van der Waals surface area contributed by atoms with Crippen LogP contribution in [0.2, 0.25) is 0 Å². The highest BCUT2D eigenvalue weighted by Crippen LogP contribution is 2.45. The fourth-order valence-corrected chi connectivity index (χ4v) is 3.84. The highest BCUT2D eigenvalue weighted by Gasteiger charge is 2.27. The number of anilines is 1. The molecule has 0 aliphatic carbocycles. The van der Waals surface area contributed by atoms with Crippen molar-refractivity contribution >= 4 is 17.2 Å². The molecule has 0 spiro atoms. The number of rotatable bonds is 8. The summed E-state index contributed by atoms with van der Waals surface area (Å²) in [4.78, 5) is 19.1. The number of carbonyl (C=O) groups is 1. The molecule has 31 heavy (non-hydrogen) atoms. The summed E-state index contributed by atoms with van der Waals surface area (Å²) in [5.41, 5.74) is 4.16. The molecular formula is C24H29N3O4. The molecule has 7 nitrogen and oxygen atoms in total. The van der Waals surface area contributed by atoms with Gasteiger partial charge >= 0.3 is 0 Å². The zero-order valence-corrected chi connectivity index (χ0v) is 18.4. The number of hydrogen-bond donors (Lipinski definition) is 1. The Morgan fingerprint density at radius 1 is 1.23 bits per heavy atom. The van der Waals surface area contributed by atoms with E-state index in [0.29, 0.717) is 42.6 Å². The van der Waals surface area contributed by atoms with Crippen LogP contribution in [0.3, 0.4) is 0 Å². The van der Waals surface area contributed by atoms with Gasteiger partial charge in [0.15, 0.2) is 17.3 Å². The largest absolute Gasteiger partial charge is 0.493 e. The number of carbonyl (C=O) groups excluding carboxylic acids is 1. The van der Waals surface area contributed by atoms with Crippen molar-refractivity contribution in [1.29, 1.82) is 0 Å². The van der Waals surface area contributed by atoms with Crippen LogP contribution in [0.1, 0.15) is 36.5 Å². The molecule has 1 N–H and O–H groups in total. The van der Waals surface area contributed by atoms with Crippen molar-refractivity contribution in [3.8, 4) is 17.2 Å². The minimum Gasteiger partial charge on any atom is -0.493 e. The molecule has 0 amide bonds. The number of nitrogens with one attached hydrogen (secondary N) is 1. The predicted molar refractivity (Wildman–Crippen MR) is 120 cm³/mol. The first-order valence-corrected chi connectivity index (χ1v) is 10.7. The van der Waals surface area contributed by atoms with Crippen molar-refractivity contribution < 1.29 is 19.0 Å². The van der Waals surface area contributed by atoms with Crippen LogP contribution in [-0.4, -0.2) is 49.5 Å². The molecule has 7 heteroatoms. The predicted octanol–water partition coefficient (Wildman–Crippen LogP) is 3.67. The highest BCUT2D eigenvalue weighted by molar-refractivity contribution is 6.04. The summed E-state index contributed by atoms with van der Waals surface area (Å²) < 4.78 is 18.0. The molecule has 0 unspecified atom stereocenters. The SMILES string of the molecule is CCN(C)CCCCOc1c(OC)ccc2c1OCc1cncc3c1NC2=CC(=O)C3. The Kier molecular flexibility index (Phi) is 6.42. The van der Waals surface area contributed by atoms with Gasteiger partial charge in [-0.25, -0.2) is 0 Å². The quantitative estimate of drug-likeness (QED) is 0.650. The summed E-state index contributed by atoms with van der Waals surface area (Å²) in [5, 5.41) is 3.44. The smallest absolute Gasteiger partial charge is 0.204 e. The van der Waals surface area contributed by atoms with Crippen LogP contribution >= 0.6 is 0 Å². The van der Waals surface area contributed by atoms with Crippen molar-refractivity contribution in [1.82, 2.24) is 9.88 Å². The Hall–Kier alpha value is -3.06. The first kappa shape index (κ1) is 21.2. The van der Waals surface area contributed by atoms with E-state index in [2.05, 4.69) is 29.2 Å². The maximum Gasteiger partial charge on any atom is 0.204 e. The van der Waals surface area contributed by atoms with Crippen molar-refractivity contribution in [2.75, 3.05) is 39.2 Å². The number of ether oxygens (including phenoxy) is 3. The summed E-state index contributed by atoms with van der Waals surface area (Å²) in [6, 6.07) is 3.76. The highest BCUT2D eigenvalue weighted by atomic mass is 16.5. The molecule has 0 fully saturated rings. The van der Waals surface area contributed by atoms with Crippen LogP contribution in [0, 0.1) is 0 Å². The van der Waals surface area contributed by atoms with Gasteiger partial charge in [0.1, 0.15) is 6.61 Å². The van der Waals surface area contributed by atoms with E-state index in [9.17, 15) is 4.79 Å². The minimum absolute atomic E-state index is 0.0198. The van der Waals surface area contributed by atoms with Crippen LogP contribution in [0.25, 0.3) is 5.70 Å². The molecule has 1 aromatic heterocycles. The lowest BCUT2D eigenvalue weighted by molar-refractivity contribution is -0.113. The molecule has 2 aromatic rings. The maximum atomic E-state index is 12.6. The van der Waals surface area contributed by atoms with Crippen molar-refractivity contribution in [3.63, 3.8) is 0 Å². The van der Waals surface area contributed by atoms with Gasteiger partial charge in [0, 0.05) is 41.6 Å². The zero-order chi connectivity index (χ0) is 21.8. The normalized spacial score (nSPS) is 14.5. The number of allylic oxidation sites excluding steroid dienone is 1. The van der Waals surface area contributed by atoms with E-state index in [1.165, 1.54) is 0 Å². The molecule has 2 aliphatic heterocycles. The molecular weight excluding hydrogens is 394 g/mol. The van der Waals surface area contributed by atoms with Gasteiger partial charge in [0.2, 0.25) is 5.75 Å². The third-order valence-electron chi connectivity index (χ3n) is 5.71. The lowest BCUT2D eigenvalue weighted by Crippen LogP contribution is -2.19. The van der Waals surface area contributed by atoms with E-state index in [4.69, 9.17) is 14.2 Å². The molecule has 2 bridgehead atoms. The molecule has 2 aliphatic rings. The van der Waals surface area contributed by atoms with Gasteiger partial charge in [0.25, 0.3) is 0 Å². The number of hydrogen-bond acceptors (Lipinski definition) is 7. The van der Waals surface area contributed by atoms with Gasteiger partial charge in [-0.3, -0.25) is 9.78 Å². The van der Waals surface area contributed by atoms with Crippen LogP contribution in [0.4, 0.5) is 5.69 Å². The van der Waals surface area contributed by atoms with Gasteiger partial charge in [-0.1, -0.05) is 6.92 Å². The van der Waals surface area contributed by atoms with Crippen molar-refractivity contribution in [2.24, 2.45) is 0 Å². The molecule has 0 saturated heterocycles. The van der Waals surface area contributed by atoms with Crippen molar-refractivity contribution in [3.05, 3.63) is 47.3 Å². The van der Waals surface area contributed by atoms with Crippen LogP contribution in [-0.2, 0) is 17.8 Å². The Bertz CT molecular complexity index is 1000. The summed E-state index contributed by atoms with van der Waals surface area (Å²) in [6.45, 7) is 5.10. The van der Waals surface area contributed by atoms with Gasteiger partial charge in [-0.2, -0.15) is 0 Å². The monoisotopic (exact) mass is 423 g/mol. The molecule has 164 valence electrons. The molecule has 3 heterocycles. The zero-order valence-electron chi connectivity index (χ0n) is 18.4. The number of unbranched alkanes of at least 4 members (excludes halogenated alkanes) is 1. The fraction of sp³-hybridized carbons (Fsp3) is 0.417. The maximum absolute atomic E-state index is 12.6. The Balaban J connectivity index is 1.64. The minimum atomic E-state index is 0.0198. The second kappa shape index (κ2) is 9.39. The molecule has 1 aromatic carbocycles. The third-order valence-corrected chi connectivity index (χ3v) is 5.71. The lowest BCUT2D eigenvalue weighted by atomic mass is 10.1. The summed E-state index contributed by atoms with van der Waals surface area (Å²) in [7, 11) is 3.73. The van der Waals surface area contributed by atoms with Gasteiger partial charge in [-0.15, -0.1) is 0 Å². The summed E-state index contributed by atoms with van der Waals surface area (Å²) >= 11 is 0. The molecule has 0 radical (unpaired) electrons.